The fourth-order valence-electron chi connectivity index (χ4n) is 2.80. The molecule has 0 spiro atoms. The maximum absolute atomic E-state index is 12.7. The molecule has 0 radical (unpaired) electrons. The molecule has 0 aliphatic heterocycles. The van der Waals surface area contributed by atoms with Gasteiger partial charge in [-0.2, -0.15) is 13.2 Å². The number of carbonyl (C=O) groups excluding carboxylic acids is 2. The quantitative estimate of drug-likeness (QED) is 0.828. The Balaban J connectivity index is 1.94. The summed E-state index contributed by atoms with van der Waals surface area (Å²) in [4.78, 5) is 29.1. The molecule has 0 fully saturated rings. The molecule has 4 nitrogen and oxygen atoms in total. The molecule has 0 unspecified atom stereocenters. The lowest BCUT2D eigenvalue weighted by Crippen LogP contribution is -2.22. The first-order valence-electron chi connectivity index (χ1n) is 7.71. The predicted molar refractivity (Wildman–Crippen MR) is 87.3 cm³/mol. The van der Waals surface area contributed by atoms with E-state index in [9.17, 15) is 22.8 Å². The van der Waals surface area contributed by atoms with Gasteiger partial charge < -0.3 is 4.74 Å². The Morgan fingerprint density at radius 3 is 2.35 bits per heavy atom. The molecule has 2 aromatic rings. The summed E-state index contributed by atoms with van der Waals surface area (Å²) in [6.45, 7) is 1.53. The molecular formula is C19H14F3NO3. The van der Waals surface area contributed by atoms with Crippen LogP contribution in [-0.2, 0) is 12.6 Å². The van der Waals surface area contributed by atoms with Crippen molar-refractivity contribution in [2.75, 3.05) is 7.11 Å². The summed E-state index contributed by atoms with van der Waals surface area (Å²) < 4.78 is 42.9. The molecule has 0 bridgehead atoms. The van der Waals surface area contributed by atoms with E-state index >= 15 is 0 Å². The molecule has 1 aromatic carbocycles. The zero-order chi connectivity index (χ0) is 19.1. The molecule has 1 aliphatic carbocycles. The second-order valence-corrected chi connectivity index (χ2v) is 5.89. The maximum Gasteiger partial charge on any atom is 0.417 e. The van der Waals surface area contributed by atoms with Crippen LogP contribution in [0.3, 0.4) is 0 Å². The number of nitrogens with zero attached hydrogens (tertiary/aromatic N) is 1. The van der Waals surface area contributed by atoms with Gasteiger partial charge in [0.05, 0.1) is 12.7 Å². The molecule has 0 atom stereocenters. The first kappa shape index (κ1) is 17.8. The number of carbonyl (C=O) groups is 2. The van der Waals surface area contributed by atoms with Crippen LogP contribution in [0, 0.1) is 0 Å². The van der Waals surface area contributed by atoms with Crippen LogP contribution in [0.1, 0.15) is 38.9 Å². The largest absolute Gasteiger partial charge is 0.497 e. The van der Waals surface area contributed by atoms with Crippen molar-refractivity contribution in [1.82, 2.24) is 4.98 Å². The third kappa shape index (κ3) is 3.12. The first-order chi connectivity index (χ1) is 12.2. The van der Waals surface area contributed by atoms with Crippen molar-refractivity contribution in [3.05, 3.63) is 70.1 Å². The van der Waals surface area contributed by atoms with Crippen LogP contribution >= 0.6 is 0 Å². The lowest BCUT2D eigenvalue weighted by Gasteiger charge is -2.19. The standard InChI is InChI=1S/C19H14F3NO3/c1-10-15(7-12-4-3-11(9-23-12)19(20,21)22)18(25)14-6-5-13(26-2)8-16(14)17(10)24/h3-6,8-9H,7H2,1-2H3. The van der Waals surface area contributed by atoms with E-state index in [1.807, 2.05) is 0 Å². The van der Waals surface area contributed by atoms with Crippen molar-refractivity contribution in [1.29, 1.82) is 0 Å². The highest BCUT2D eigenvalue weighted by Gasteiger charge is 2.32. The van der Waals surface area contributed by atoms with Crippen LogP contribution in [0.25, 0.3) is 0 Å². The van der Waals surface area contributed by atoms with Gasteiger partial charge in [-0.3, -0.25) is 14.6 Å². The van der Waals surface area contributed by atoms with Crippen LogP contribution < -0.4 is 4.74 Å². The topological polar surface area (TPSA) is 56.3 Å². The third-order valence-corrected chi connectivity index (χ3v) is 4.29. The van der Waals surface area contributed by atoms with Gasteiger partial charge in [-0.25, -0.2) is 0 Å². The molecule has 1 aliphatic rings. The van der Waals surface area contributed by atoms with Gasteiger partial charge in [-0.05, 0) is 37.3 Å². The summed E-state index contributed by atoms with van der Waals surface area (Å²) >= 11 is 0. The number of pyridine rings is 1. The van der Waals surface area contributed by atoms with Crippen molar-refractivity contribution in [3.8, 4) is 5.75 Å². The van der Waals surface area contributed by atoms with Gasteiger partial charge in [0.1, 0.15) is 5.75 Å². The fourth-order valence-corrected chi connectivity index (χ4v) is 2.80. The minimum Gasteiger partial charge on any atom is -0.497 e. The Morgan fingerprint density at radius 1 is 1.04 bits per heavy atom. The Morgan fingerprint density at radius 2 is 1.77 bits per heavy atom. The number of alkyl halides is 3. The summed E-state index contributed by atoms with van der Waals surface area (Å²) in [6.07, 6.45) is -3.77. The Kier molecular flexibility index (Phi) is 4.39. The predicted octanol–water partition coefficient (Wildman–Crippen LogP) is 4.05. The second-order valence-electron chi connectivity index (χ2n) is 5.89. The Bertz CT molecular complexity index is 928. The number of ketones is 2. The van der Waals surface area contributed by atoms with Crippen molar-refractivity contribution >= 4 is 11.6 Å². The number of allylic oxidation sites excluding steroid dienone is 2. The van der Waals surface area contributed by atoms with Gasteiger partial charge in [0, 0.05) is 40.6 Å². The van der Waals surface area contributed by atoms with E-state index < -0.39 is 11.7 Å². The number of hydrogen-bond acceptors (Lipinski definition) is 4. The Labute approximate surface area is 147 Å². The van der Waals surface area contributed by atoms with Crippen molar-refractivity contribution < 1.29 is 27.5 Å². The number of methoxy groups -OCH3 is 1. The third-order valence-electron chi connectivity index (χ3n) is 4.29. The van der Waals surface area contributed by atoms with E-state index in [1.54, 1.807) is 6.07 Å². The highest BCUT2D eigenvalue weighted by Crippen LogP contribution is 2.31. The number of ether oxygens (including phenoxy) is 1. The number of fused-ring (bicyclic) bond motifs is 1. The zero-order valence-corrected chi connectivity index (χ0v) is 14.0. The van der Waals surface area contributed by atoms with Gasteiger partial charge in [0.15, 0.2) is 11.6 Å². The second kappa shape index (κ2) is 6.40. The van der Waals surface area contributed by atoms with Crippen LogP contribution in [0.4, 0.5) is 13.2 Å². The molecule has 3 rings (SSSR count). The number of halogens is 3. The summed E-state index contributed by atoms with van der Waals surface area (Å²) in [5, 5.41) is 0. The molecule has 0 amide bonds. The van der Waals surface area contributed by atoms with Crippen LogP contribution in [0.15, 0.2) is 47.7 Å². The molecular weight excluding hydrogens is 347 g/mol. The Hall–Kier alpha value is -2.96. The van der Waals surface area contributed by atoms with Crippen LogP contribution in [-0.4, -0.2) is 23.7 Å². The average Bonchev–Trinajstić information content (AvgIpc) is 2.62. The lowest BCUT2D eigenvalue weighted by atomic mass is 9.83. The number of benzene rings is 1. The monoisotopic (exact) mass is 361 g/mol. The number of aromatic nitrogens is 1. The van der Waals surface area contributed by atoms with Gasteiger partial charge in [0.2, 0.25) is 0 Å². The highest BCUT2D eigenvalue weighted by atomic mass is 19.4. The van der Waals surface area contributed by atoms with Crippen molar-refractivity contribution in [3.63, 3.8) is 0 Å². The average molecular weight is 361 g/mol. The maximum atomic E-state index is 12.7. The highest BCUT2D eigenvalue weighted by molar-refractivity contribution is 6.26. The van der Waals surface area contributed by atoms with E-state index in [0.717, 1.165) is 12.3 Å². The van der Waals surface area contributed by atoms with Crippen molar-refractivity contribution in [2.45, 2.75) is 19.5 Å². The zero-order valence-electron chi connectivity index (χ0n) is 14.0. The lowest BCUT2D eigenvalue weighted by molar-refractivity contribution is -0.137. The minimum atomic E-state index is -4.48. The molecule has 0 N–H and O–H groups in total. The molecule has 1 heterocycles. The van der Waals surface area contributed by atoms with E-state index in [2.05, 4.69) is 4.98 Å². The summed E-state index contributed by atoms with van der Waals surface area (Å²) in [6, 6.07) is 6.72. The smallest absolute Gasteiger partial charge is 0.417 e. The molecule has 1 aromatic heterocycles. The molecule has 0 saturated heterocycles. The van der Waals surface area contributed by atoms with Gasteiger partial charge in [-0.1, -0.05) is 0 Å². The normalized spacial score (nSPS) is 14.5. The molecule has 0 saturated carbocycles. The summed E-state index contributed by atoms with van der Waals surface area (Å²) in [5.74, 6) is -0.174. The van der Waals surface area contributed by atoms with E-state index in [1.165, 1.54) is 32.2 Å². The minimum absolute atomic E-state index is 0.0139. The van der Waals surface area contributed by atoms with E-state index in [4.69, 9.17) is 4.74 Å². The number of hydrogen-bond donors (Lipinski definition) is 0. The number of rotatable bonds is 3. The number of Topliss-reactive ketones (excluding diaryl/α,β-unsaturated/α-hetero) is 2. The van der Waals surface area contributed by atoms with E-state index in [-0.39, 0.29) is 46.0 Å². The van der Waals surface area contributed by atoms with Gasteiger partial charge in [-0.15, -0.1) is 0 Å². The van der Waals surface area contributed by atoms with Crippen LogP contribution in [0.2, 0.25) is 0 Å². The van der Waals surface area contributed by atoms with Crippen molar-refractivity contribution in [2.24, 2.45) is 0 Å². The molecule has 26 heavy (non-hydrogen) atoms. The SMILES string of the molecule is COc1ccc2c(c1)C(=O)C(C)=C(Cc1ccc(C(F)(F)F)cn1)C2=O. The summed E-state index contributed by atoms with van der Waals surface area (Å²) in [7, 11) is 1.46. The first-order valence-corrected chi connectivity index (χ1v) is 7.71. The fraction of sp³-hybridized carbons (Fsp3) is 0.211. The van der Waals surface area contributed by atoms with Gasteiger partial charge in [0.25, 0.3) is 0 Å². The summed E-state index contributed by atoms with van der Waals surface area (Å²) in [5.41, 5.74) is 0.428. The molecule has 7 heteroatoms. The van der Waals surface area contributed by atoms with E-state index in [0.29, 0.717) is 5.75 Å². The van der Waals surface area contributed by atoms with Gasteiger partial charge >= 0.3 is 6.18 Å². The van der Waals surface area contributed by atoms with Crippen LogP contribution in [0.5, 0.6) is 5.75 Å². The molecule has 134 valence electrons.